The molecule has 76 valence electrons. The molecule has 0 spiro atoms. The van der Waals surface area contributed by atoms with Crippen LogP contribution in [0.25, 0.3) is 0 Å². The van der Waals surface area contributed by atoms with Crippen LogP contribution in [0.2, 0.25) is 0 Å². The average molecular weight is 271 g/mol. The molecule has 1 aromatic carbocycles. The number of halogens is 1. The van der Waals surface area contributed by atoms with Gasteiger partial charge in [-0.05, 0) is 28.1 Å². The third kappa shape index (κ3) is 1.94. The number of hydrogen-bond acceptors (Lipinski definition) is 4. The molecule has 0 heterocycles. The molecule has 0 saturated carbocycles. The minimum absolute atomic E-state index is 0.183. The number of nitrogens with zero attached hydrogens (tertiary/aromatic N) is 2. The molecule has 15 heavy (non-hydrogen) atoms. The molecule has 6 nitrogen and oxygen atoms in total. The predicted molar refractivity (Wildman–Crippen MR) is 52.5 cm³/mol. The van der Waals surface area contributed by atoms with Crippen molar-refractivity contribution in [1.82, 2.24) is 0 Å². The summed E-state index contributed by atoms with van der Waals surface area (Å²) >= 11 is 2.80. The van der Waals surface area contributed by atoms with Crippen LogP contribution in [0.4, 0.5) is 5.69 Å². The van der Waals surface area contributed by atoms with Gasteiger partial charge < -0.3 is 5.11 Å². The van der Waals surface area contributed by atoms with Crippen LogP contribution in [-0.2, 0) is 0 Å². The first-order chi connectivity index (χ1) is 6.99. The third-order valence-electron chi connectivity index (χ3n) is 1.65. The van der Waals surface area contributed by atoms with Gasteiger partial charge in [-0.3, -0.25) is 10.1 Å². The van der Waals surface area contributed by atoms with Gasteiger partial charge in [0.2, 0.25) is 0 Å². The maximum atomic E-state index is 10.7. The number of nitro benzene ring substituents is 1. The molecule has 1 rings (SSSR count). The average Bonchev–Trinajstić information content (AvgIpc) is 2.15. The van der Waals surface area contributed by atoms with Gasteiger partial charge >= 0.3 is 11.7 Å². The van der Waals surface area contributed by atoms with Crippen LogP contribution >= 0.6 is 15.9 Å². The van der Waals surface area contributed by atoms with Gasteiger partial charge in [0.25, 0.3) is 0 Å². The first-order valence-electron chi connectivity index (χ1n) is 3.59. The molecule has 0 amide bonds. The number of nitriles is 1. The largest absolute Gasteiger partial charge is 0.478 e. The molecule has 1 aromatic rings. The van der Waals surface area contributed by atoms with Crippen molar-refractivity contribution in [3.63, 3.8) is 0 Å². The van der Waals surface area contributed by atoms with Crippen LogP contribution in [-0.4, -0.2) is 16.0 Å². The van der Waals surface area contributed by atoms with Gasteiger partial charge in [-0.2, -0.15) is 5.26 Å². The van der Waals surface area contributed by atoms with Gasteiger partial charge in [-0.15, -0.1) is 0 Å². The highest BCUT2D eigenvalue weighted by molar-refractivity contribution is 9.10. The number of nitro groups is 1. The molecule has 0 aliphatic carbocycles. The first kappa shape index (κ1) is 11.1. The van der Waals surface area contributed by atoms with E-state index in [2.05, 4.69) is 15.9 Å². The molecule has 0 aromatic heterocycles. The van der Waals surface area contributed by atoms with Crippen molar-refractivity contribution in [2.24, 2.45) is 0 Å². The van der Waals surface area contributed by atoms with Gasteiger partial charge in [0, 0.05) is 0 Å². The van der Waals surface area contributed by atoms with Gasteiger partial charge in [0.1, 0.15) is 16.1 Å². The van der Waals surface area contributed by atoms with Crippen LogP contribution in [0.15, 0.2) is 16.6 Å². The molecule has 0 fully saturated rings. The van der Waals surface area contributed by atoms with Crippen molar-refractivity contribution < 1.29 is 14.8 Å². The Bertz CT molecular complexity index is 492. The molecule has 0 aliphatic heterocycles. The lowest BCUT2D eigenvalue weighted by atomic mass is 10.1. The molecule has 0 atom stereocenters. The third-order valence-corrected chi connectivity index (χ3v) is 2.45. The standard InChI is InChI=1S/C8H3BrN2O4/c9-6-5(8(12)13)2-1-4(3-10)7(6)11(14)15/h1-2H,(H,12,13). The van der Waals surface area contributed by atoms with Gasteiger partial charge in [-0.25, -0.2) is 4.79 Å². The summed E-state index contributed by atoms with van der Waals surface area (Å²) in [4.78, 5) is 20.5. The predicted octanol–water partition coefficient (Wildman–Crippen LogP) is 1.93. The van der Waals surface area contributed by atoms with Gasteiger partial charge in [0.05, 0.1) is 10.5 Å². The summed E-state index contributed by atoms with van der Waals surface area (Å²) in [5, 5.41) is 27.9. The van der Waals surface area contributed by atoms with Crippen LogP contribution in [0, 0.1) is 21.4 Å². The topological polar surface area (TPSA) is 104 Å². The Morgan fingerprint density at radius 2 is 2.20 bits per heavy atom. The number of benzene rings is 1. The summed E-state index contributed by atoms with van der Waals surface area (Å²) in [5.41, 5.74) is -0.963. The molecule has 0 radical (unpaired) electrons. The highest BCUT2D eigenvalue weighted by Gasteiger charge is 2.24. The molecule has 0 saturated heterocycles. The van der Waals surface area contributed by atoms with E-state index in [0.29, 0.717) is 0 Å². The van der Waals surface area contributed by atoms with Crippen LogP contribution in [0.1, 0.15) is 15.9 Å². The molecular formula is C8H3BrN2O4. The normalized spacial score (nSPS) is 9.33. The summed E-state index contributed by atoms with van der Waals surface area (Å²) in [6.07, 6.45) is 0. The molecular weight excluding hydrogens is 268 g/mol. The molecule has 1 N–H and O–H groups in total. The minimum Gasteiger partial charge on any atom is -0.478 e. The number of rotatable bonds is 2. The van der Waals surface area contributed by atoms with Gasteiger partial charge in [-0.1, -0.05) is 0 Å². The lowest BCUT2D eigenvalue weighted by Gasteiger charge is -2.01. The Morgan fingerprint density at radius 1 is 1.60 bits per heavy atom. The Balaban J connectivity index is 3.58. The Morgan fingerprint density at radius 3 is 2.60 bits per heavy atom. The maximum Gasteiger partial charge on any atom is 0.337 e. The SMILES string of the molecule is N#Cc1ccc(C(=O)O)c(Br)c1[N+](=O)[O-]. The van der Waals surface area contributed by atoms with Crippen molar-refractivity contribution in [2.75, 3.05) is 0 Å². The zero-order valence-corrected chi connectivity index (χ0v) is 8.69. The van der Waals surface area contributed by atoms with Crippen molar-refractivity contribution in [3.05, 3.63) is 37.8 Å². The van der Waals surface area contributed by atoms with Crippen molar-refractivity contribution in [3.8, 4) is 6.07 Å². The molecule has 0 unspecified atom stereocenters. The smallest absolute Gasteiger partial charge is 0.337 e. The lowest BCUT2D eigenvalue weighted by molar-refractivity contribution is -0.386. The van der Waals surface area contributed by atoms with E-state index >= 15 is 0 Å². The van der Waals surface area contributed by atoms with E-state index in [0.717, 1.165) is 12.1 Å². The Hall–Kier alpha value is -1.94. The highest BCUT2D eigenvalue weighted by Crippen LogP contribution is 2.31. The first-order valence-corrected chi connectivity index (χ1v) is 4.38. The van der Waals surface area contributed by atoms with Crippen molar-refractivity contribution in [1.29, 1.82) is 5.26 Å². The monoisotopic (exact) mass is 270 g/mol. The molecule has 0 bridgehead atoms. The number of hydrogen-bond donors (Lipinski definition) is 1. The number of carbonyl (C=O) groups is 1. The summed E-state index contributed by atoms with van der Waals surface area (Å²) in [6, 6.07) is 3.86. The second-order valence-electron chi connectivity index (χ2n) is 2.50. The number of carboxylic acid groups (broad SMARTS) is 1. The zero-order valence-electron chi connectivity index (χ0n) is 7.10. The van der Waals surface area contributed by atoms with Crippen molar-refractivity contribution >= 4 is 27.6 Å². The molecule has 7 heteroatoms. The minimum atomic E-state index is -1.30. The molecule has 0 aliphatic rings. The number of carboxylic acids is 1. The van der Waals surface area contributed by atoms with E-state index in [1.807, 2.05) is 0 Å². The fraction of sp³-hybridized carbons (Fsp3) is 0. The Labute approximate surface area is 92.0 Å². The lowest BCUT2D eigenvalue weighted by Crippen LogP contribution is -2.02. The van der Waals surface area contributed by atoms with E-state index in [9.17, 15) is 14.9 Å². The fourth-order valence-corrected chi connectivity index (χ4v) is 1.66. The van der Waals surface area contributed by atoms with E-state index in [4.69, 9.17) is 10.4 Å². The van der Waals surface area contributed by atoms with Crippen molar-refractivity contribution in [2.45, 2.75) is 0 Å². The van der Waals surface area contributed by atoms with E-state index < -0.39 is 16.6 Å². The summed E-state index contributed by atoms with van der Waals surface area (Å²) < 4.78 is -0.195. The van der Waals surface area contributed by atoms with Crippen LogP contribution in [0.3, 0.4) is 0 Å². The van der Waals surface area contributed by atoms with Crippen LogP contribution in [0.5, 0.6) is 0 Å². The summed E-state index contributed by atoms with van der Waals surface area (Å²) in [7, 11) is 0. The Kier molecular flexibility index (Phi) is 3.01. The zero-order chi connectivity index (χ0) is 11.6. The summed E-state index contributed by atoms with van der Waals surface area (Å²) in [6.45, 7) is 0. The quantitative estimate of drug-likeness (QED) is 0.653. The maximum absolute atomic E-state index is 10.7. The second-order valence-corrected chi connectivity index (χ2v) is 3.29. The van der Waals surface area contributed by atoms with E-state index in [1.165, 1.54) is 0 Å². The highest BCUT2D eigenvalue weighted by atomic mass is 79.9. The fourth-order valence-electron chi connectivity index (χ4n) is 0.998. The van der Waals surface area contributed by atoms with Crippen LogP contribution < -0.4 is 0 Å². The second kappa shape index (κ2) is 4.06. The summed E-state index contributed by atoms with van der Waals surface area (Å²) in [5.74, 6) is -1.30. The van der Waals surface area contributed by atoms with Gasteiger partial charge in [0.15, 0.2) is 0 Å². The van der Waals surface area contributed by atoms with E-state index in [1.54, 1.807) is 6.07 Å². The number of aromatic carboxylic acids is 1. The van der Waals surface area contributed by atoms with E-state index in [-0.39, 0.29) is 15.6 Å².